The summed E-state index contributed by atoms with van der Waals surface area (Å²) in [5, 5.41) is 13.6. The number of nitro benzene ring substituents is 1. The van der Waals surface area contributed by atoms with Gasteiger partial charge in [0.2, 0.25) is 0 Å². The molecular formula is C15H14ClN3O3. The predicted octanol–water partition coefficient (Wildman–Crippen LogP) is 3.57. The molecule has 2 rings (SSSR count). The van der Waals surface area contributed by atoms with Crippen LogP contribution in [0.3, 0.4) is 0 Å². The molecule has 22 heavy (non-hydrogen) atoms. The van der Waals surface area contributed by atoms with Crippen LogP contribution in [-0.4, -0.2) is 24.9 Å². The molecule has 1 amide bonds. The van der Waals surface area contributed by atoms with Gasteiger partial charge in [-0.15, -0.1) is 0 Å². The average molecular weight is 320 g/mol. The number of nitrogens with zero attached hydrogens (tertiary/aromatic N) is 2. The van der Waals surface area contributed by atoms with Crippen molar-refractivity contribution in [3.05, 3.63) is 63.2 Å². The molecule has 0 radical (unpaired) electrons. The normalized spacial score (nSPS) is 10.1. The Morgan fingerprint density at radius 1 is 1.23 bits per heavy atom. The van der Waals surface area contributed by atoms with Crippen LogP contribution < -0.4 is 10.2 Å². The molecular weight excluding hydrogens is 306 g/mol. The Bertz CT molecular complexity index is 732. The van der Waals surface area contributed by atoms with E-state index in [0.717, 1.165) is 11.8 Å². The van der Waals surface area contributed by atoms with Crippen molar-refractivity contribution in [2.45, 2.75) is 0 Å². The quantitative estimate of drug-likeness (QED) is 0.690. The largest absolute Gasteiger partial charge is 0.376 e. The van der Waals surface area contributed by atoms with E-state index in [2.05, 4.69) is 5.32 Å². The second kappa shape index (κ2) is 6.44. The molecule has 0 unspecified atom stereocenters. The Balaban J connectivity index is 2.31. The Kier molecular flexibility index (Phi) is 4.62. The highest BCUT2D eigenvalue weighted by Gasteiger charge is 2.17. The summed E-state index contributed by atoms with van der Waals surface area (Å²) < 4.78 is 0. The third-order valence-corrected chi connectivity index (χ3v) is 3.36. The first-order valence-electron chi connectivity index (χ1n) is 6.42. The van der Waals surface area contributed by atoms with E-state index in [1.807, 2.05) is 31.1 Å². The minimum Gasteiger partial charge on any atom is -0.376 e. The van der Waals surface area contributed by atoms with Gasteiger partial charge in [0.25, 0.3) is 11.6 Å². The number of nitrogens with one attached hydrogen (secondary N) is 1. The molecule has 0 spiro atoms. The Morgan fingerprint density at radius 3 is 2.55 bits per heavy atom. The molecule has 7 heteroatoms. The number of halogens is 1. The van der Waals surface area contributed by atoms with Crippen LogP contribution in [0.2, 0.25) is 5.02 Å². The summed E-state index contributed by atoms with van der Waals surface area (Å²) in [5.41, 5.74) is 1.33. The van der Waals surface area contributed by atoms with Crippen LogP contribution in [0.4, 0.5) is 17.1 Å². The third-order valence-electron chi connectivity index (χ3n) is 3.04. The maximum absolute atomic E-state index is 12.3. The molecule has 0 aliphatic heterocycles. The van der Waals surface area contributed by atoms with Crippen LogP contribution in [0.1, 0.15) is 10.4 Å². The maximum atomic E-state index is 12.3. The van der Waals surface area contributed by atoms with Crippen LogP contribution in [0.5, 0.6) is 0 Å². The average Bonchev–Trinajstić information content (AvgIpc) is 2.47. The first kappa shape index (κ1) is 15.8. The van der Waals surface area contributed by atoms with Crippen molar-refractivity contribution in [3.63, 3.8) is 0 Å². The molecule has 0 saturated carbocycles. The molecule has 0 fully saturated rings. The van der Waals surface area contributed by atoms with Gasteiger partial charge in [0.15, 0.2) is 0 Å². The molecule has 0 heterocycles. The highest BCUT2D eigenvalue weighted by Crippen LogP contribution is 2.27. The van der Waals surface area contributed by atoms with E-state index in [4.69, 9.17) is 11.6 Å². The minimum atomic E-state index is -0.618. The zero-order chi connectivity index (χ0) is 16.3. The SMILES string of the molecule is CN(C)c1ccccc1NC(=O)c1ccc(Cl)c([N+](=O)[O-])c1. The van der Waals surface area contributed by atoms with E-state index in [1.165, 1.54) is 12.1 Å². The number of rotatable bonds is 4. The number of hydrogen-bond acceptors (Lipinski definition) is 4. The number of anilines is 2. The lowest BCUT2D eigenvalue weighted by atomic mass is 10.1. The van der Waals surface area contributed by atoms with Crippen molar-refractivity contribution in [2.75, 3.05) is 24.3 Å². The van der Waals surface area contributed by atoms with Gasteiger partial charge in [-0.25, -0.2) is 0 Å². The molecule has 0 saturated heterocycles. The molecule has 2 aromatic rings. The number of hydrogen-bond donors (Lipinski definition) is 1. The first-order valence-corrected chi connectivity index (χ1v) is 6.79. The number of benzene rings is 2. The van der Waals surface area contributed by atoms with Gasteiger partial charge in [-0.3, -0.25) is 14.9 Å². The van der Waals surface area contributed by atoms with Crippen molar-refractivity contribution in [2.24, 2.45) is 0 Å². The van der Waals surface area contributed by atoms with E-state index in [1.54, 1.807) is 12.1 Å². The minimum absolute atomic E-state index is 0.00441. The van der Waals surface area contributed by atoms with E-state index < -0.39 is 10.8 Å². The fourth-order valence-electron chi connectivity index (χ4n) is 1.96. The van der Waals surface area contributed by atoms with Crippen LogP contribution in [0.25, 0.3) is 0 Å². The molecule has 0 atom stereocenters. The van der Waals surface area contributed by atoms with Gasteiger partial charge in [-0.1, -0.05) is 23.7 Å². The number of para-hydroxylation sites is 2. The Labute approximate surface area is 132 Å². The molecule has 0 aromatic heterocycles. The summed E-state index contributed by atoms with van der Waals surface area (Å²) in [7, 11) is 3.72. The molecule has 114 valence electrons. The highest BCUT2D eigenvalue weighted by molar-refractivity contribution is 6.32. The van der Waals surface area contributed by atoms with Gasteiger partial charge in [0.1, 0.15) is 5.02 Å². The van der Waals surface area contributed by atoms with Crippen molar-refractivity contribution in [1.82, 2.24) is 0 Å². The Morgan fingerprint density at radius 2 is 1.91 bits per heavy atom. The standard InChI is InChI=1S/C15H14ClN3O3/c1-18(2)13-6-4-3-5-12(13)17-15(20)10-7-8-11(16)14(9-10)19(21)22/h3-9H,1-2H3,(H,17,20). The smallest absolute Gasteiger partial charge is 0.288 e. The van der Waals surface area contributed by atoms with Crippen molar-refractivity contribution >= 4 is 34.6 Å². The van der Waals surface area contributed by atoms with Gasteiger partial charge >= 0.3 is 0 Å². The number of amides is 1. The van der Waals surface area contributed by atoms with Crippen molar-refractivity contribution in [3.8, 4) is 0 Å². The summed E-state index contributed by atoms with van der Waals surface area (Å²) in [6.45, 7) is 0. The van der Waals surface area contributed by atoms with Gasteiger partial charge in [0.05, 0.1) is 16.3 Å². The summed E-state index contributed by atoms with van der Waals surface area (Å²) in [5.74, 6) is -0.436. The van der Waals surface area contributed by atoms with E-state index in [9.17, 15) is 14.9 Å². The molecule has 1 N–H and O–H groups in total. The number of carbonyl (C=O) groups excluding carboxylic acids is 1. The summed E-state index contributed by atoms with van der Waals surface area (Å²) in [6, 6.07) is 11.2. The molecule has 0 bridgehead atoms. The van der Waals surface area contributed by atoms with Crippen LogP contribution in [0, 0.1) is 10.1 Å². The first-order chi connectivity index (χ1) is 10.4. The lowest BCUT2D eigenvalue weighted by Gasteiger charge is -2.17. The van der Waals surface area contributed by atoms with E-state index in [0.29, 0.717) is 5.69 Å². The van der Waals surface area contributed by atoms with Crippen LogP contribution in [-0.2, 0) is 0 Å². The van der Waals surface area contributed by atoms with Crippen LogP contribution >= 0.6 is 11.6 Å². The van der Waals surface area contributed by atoms with Gasteiger partial charge < -0.3 is 10.2 Å². The molecule has 0 aliphatic rings. The van der Waals surface area contributed by atoms with Crippen molar-refractivity contribution in [1.29, 1.82) is 0 Å². The third kappa shape index (κ3) is 3.35. The monoisotopic (exact) mass is 319 g/mol. The Hall–Kier alpha value is -2.60. The summed E-state index contributed by atoms with van der Waals surface area (Å²) >= 11 is 5.74. The second-order valence-corrected chi connectivity index (χ2v) is 5.20. The molecule has 6 nitrogen and oxygen atoms in total. The van der Waals surface area contributed by atoms with E-state index >= 15 is 0 Å². The topological polar surface area (TPSA) is 75.5 Å². The van der Waals surface area contributed by atoms with Crippen molar-refractivity contribution < 1.29 is 9.72 Å². The highest BCUT2D eigenvalue weighted by atomic mass is 35.5. The van der Waals surface area contributed by atoms with Gasteiger partial charge in [0, 0.05) is 25.7 Å². The second-order valence-electron chi connectivity index (χ2n) is 4.79. The summed E-state index contributed by atoms with van der Waals surface area (Å²) in [6.07, 6.45) is 0. The molecule has 2 aromatic carbocycles. The lowest BCUT2D eigenvalue weighted by Crippen LogP contribution is -2.16. The summed E-state index contributed by atoms with van der Waals surface area (Å²) in [4.78, 5) is 24.4. The van der Waals surface area contributed by atoms with Gasteiger partial charge in [-0.2, -0.15) is 0 Å². The number of nitro groups is 1. The fraction of sp³-hybridized carbons (Fsp3) is 0.133. The maximum Gasteiger partial charge on any atom is 0.288 e. The fourth-order valence-corrected chi connectivity index (χ4v) is 2.14. The lowest BCUT2D eigenvalue weighted by molar-refractivity contribution is -0.384. The predicted molar refractivity (Wildman–Crippen MR) is 86.8 cm³/mol. The zero-order valence-corrected chi connectivity index (χ0v) is 12.8. The molecule has 0 aliphatic carbocycles. The number of carbonyl (C=O) groups is 1. The van der Waals surface area contributed by atoms with Crippen LogP contribution in [0.15, 0.2) is 42.5 Å². The van der Waals surface area contributed by atoms with E-state index in [-0.39, 0.29) is 16.3 Å². The zero-order valence-electron chi connectivity index (χ0n) is 12.0. The van der Waals surface area contributed by atoms with Gasteiger partial charge in [-0.05, 0) is 24.3 Å².